The zero-order valence-corrected chi connectivity index (χ0v) is 16.4. The van der Waals surface area contributed by atoms with E-state index in [1.807, 2.05) is 45.0 Å². The third-order valence-electron chi connectivity index (χ3n) is 3.85. The predicted molar refractivity (Wildman–Crippen MR) is 106 cm³/mol. The van der Waals surface area contributed by atoms with Crippen LogP contribution in [0.3, 0.4) is 0 Å². The molecule has 1 aromatic rings. The van der Waals surface area contributed by atoms with Crippen LogP contribution in [-0.4, -0.2) is 61.8 Å². The number of alkyl carbamates (subject to hydrolysis) is 1. The lowest BCUT2D eigenvalue weighted by Crippen LogP contribution is -2.51. The number of rotatable bonds is 4. The fourth-order valence-corrected chi connectivity index (χ4v) is 2.71. The molecule has 1 amide bonds. The number of hydrogen-bond acceptors (Lipinski definition) is 4. The van der Waals surface area contributed by atoms with Gasteiger partial charge in [0, 0.05) is 43.4 Å². The SMILES string of the molecule is CC(C)(C)OC(=O)NCCN=C(N)N1CCN(c2ccc(Cl)cc2)CC1. The molecule has 0 saturated carbocycles. The van der Waals surface area contributed by atoms with E-state index in [0.29, 0.717) is 19.0 Å². The van der Waals surface area contributed by atoms with Crippen LogP contribution >= 0.6 is 11.6 Å². The Labute approximate surface area is 160 Å². The number of amides is 1. The molecule has 2 rings (SSSR count). The van der Waals surface area contributed by atoms with Gasteiger partial charge in [0.2, 0.25) is 0 Å². The Morgan fingerprint density at radius 2 is 1.85 bits per heavy atom. The fourth-order valence-electron chi connectivity index (χ4n) is 2.59. The lowest BCUT2D eigenvalue weighted by atomic mass is 10.2. The molecule has 26 heavy (non-hydrogen) atoms. The minimum atomic E-state index is -0.504. The van der Waals surface area contributed by atoms with Crippen LogP contribution in [0.1, 0.15) is 20.8 Å². The van der Waals surface area contributed by atoms with Crippen LogP contribution in [0.5, 0.6) is 0 Å². The Bertz CT molecular complexity index is 619. The summed E-state index contributed by atoms with van der Waals surface area (Å²) in [5, 5.41) is 3.41. The molecule has 1 aliphatic heterocycles. The number of guanidine groups is 1. The highest BCUT2D eigenvalue weighted by molar-refractivity contribution is 6.30. The van der Waals surface area contributed by atoms with Crippen molar-refractivity contribution in [2.45, 2.75) is 26.4 Å². The third-order valence-corrected chi connectivity index (χ3v) is 4.10. The zero-order valence-electron chi connectivity index (χ0n) is 15.7. The first-order valence-electron chi connectivity index (χ1n) is 8.77. The first kappa shape index (κ1) is 20.2. The largest absolute Gasteiger partial charge is 0.444 e. The van der Waals surface area contributed by atoms with Gasteiger partial charge in [0.05, 0.1) is 6.54 Å². The van der Waals surface area contributed by atoms with E-state index in [9.17, 15) is 4.79 Å². The first-order valence-corrected chi connectivity index (χ1v) is 9.14. The molecule has 0 atom stereocenters. The predicted octanol–water partition coefficient (Wildman–Crippen LogP) is 2.30. The van der Waals surface area contributed by atoms with E-state index in [1.165, 1.54) is 0 Å². The Morgan fingerprint density at radius 1 is 1.23 bits per heavy atom. The molecule has 3 N–H and O–H groups in total. The molecule has 7 nitrogen and oxygen atoms in total. The van der Waals surface area contributed by atoms with Crippen molar-refractivity contribution in [2.75, 3.05) is 44.2 Å². The van der Waals surface area contributed by atoms with Crippen LogP contribution in [0.4, 0.5) is 10.5 Å². The number of nitrogens with two attached hydrogens (primary N) is 1. The Balaban J connectivity index is 1.72. The Kier molecular flexibility index (Phi) is 6.97. The van der Waals surface area contributed by atoms with Crippen LogP contribution < -0.4 is 16.0 Å². The van der Waals surface area contributed by atoms with Crippen molar-refractivity contribution < 1.29 is 9.53 Å². The monoisotopic (exact) mass is 381 g/mol. The number of nitrogens with zero attached hydrogens (tertiary/aromatic N) is 3. The number of benzene rings is 1. The summed E-state index contributed by atoms with van der Waals surface area (Å²) < 4.78 is 5.17. The maximum Gasteiger partial charge on any atom is 0.407 e. The molecule has 0 aromatic heterocycles. The maximum atomic E-state index is 11.6. The van der Waals surface area contributed by atoms with Gasteiger partial charge >= 0.3 is 6.09 Å². The van der Waals surface area contributed by atoms with Crippen LogP contribution in [0.2, 0.25) is 5.02 Å². The van der Waals surface area contributed by atoms with Gasteiger partial charge in [0.1, 0.15) is 5.60 Å². The van der Waals surface area contributed by atoms with Crippen molar-refractivity contribution in [3.05, 3.63) is 29.3 Å². The quantitative estimate of drug-likeness (QED) is 0.475. The molecular formula is C18H28ClN5O2. The number of ether oxygens (including phenoxy) is 1. The third kappa shape index (κ3) is 6.63. The van der Waals surface area contributed by atoms with E-state index in [-0.39, 0.29) is 0 Å². The fraction of sp³-hybridized carbons (Fsp3) is 0.556. The average molecular weight is 382 g/mol. The van der Waals surface area contributed by atoms with Gasteiger partial charge in [-0.3, -0.25) is 4.99 Å². The molecule has 1 aromatic carbocycles. The van der Waals surface area contributed by atoms with Gasteiger partial charge in [-0.2, -0.15) is 0 Å². The van der Waals surface area contributed by atoms with Crippen LogP contribution in [0, 0.1) is 0 Å². The Hall–Kier alpha value is -2.15. The van der Waals surface area contributed by atoms with E-state index < -0.39 is 11.7 Å². The number of piperazine rings is 1. The number of carbonyl (C=O) groups is 1. The van der Waals surface area contributed by atoms with Gasteiger partial charge in [0.25, 0.3) is 0 Å². The molecule has 1 saturated heterocycles. The summed E-state index contributed by atoms with van der Waals surface area (Å²) in [5.74, 6) is 0.506. The van der Waals surface area contributed by atoms with Crippen LogP contribution in [0.15, 0.2) is 29.3 Å². The maximum absolute atomic E-state index is 11.6. The molecule has 1 aliphatic rings. The van der Waals surface area contributed by atoms with Crippen molar-refractivity contribution in [2.24, 2.45) is 10.7 Å². The van der Waals surface area contributed by atoms with Gasteiger partial charge in [-0.25, -0.2) is 4.79 Å². The highest BCUT2D eigenvalue weighted by Crippen LogP contribution is 2.19. The van der Waals surface area contributed by atoms with Crippen molar-refractivity contribution in [3.63, 3.8) is 0 Å². The smallest absolute Gasteiger partial charge is 0.407 e. The van der Waals surface area contributed by atoms with Gasteiger partial charge in [-0.1, -0.05) is 11.6 Å². The minimum absolute atomic E-state index is 0.389. The summed E-state index contributed by atoms with van der Waals surface area (Å²) in [7, 11) is 0. The molecule has 144 valence electrons. The van der Waals surface area contributed by atoms with E-state index in [1.54, 1.807) is 0 Å². The molecule has 8 heteroatoms. The Morgan fingerprint density at radius 3 is 2.42 bits per heavy atom. The molecule has 0 bridgehead atoms. The first-order chi connectivity index (χ1) is 12.2. The number of hydrogen-bond donors (Lipinski definition) is 2. The summed E-state index contributed by atoms with van der Waals surface area (Å²) >= 11 is 5.93. The molecule has 1 fully saturated rings. The van der Waals surface area contributed by atoms with Gasteiger partial charge in [-0.05, 0) is 45.0 Å². The summed E-state index contributed by atoms with van der Waals surface area (Å²) in [6.45, 7) is 9.63. The molecule has 0 aliphatic carbocycles. The van der Waals surface area contributed by atoms with Crippen molar-refractivity contribution in [3.8, 4) is 0 Å². The van der Waals surface area contributed by atoms with Gasteiger partial charge in [-0.15, -0.1) is 0 Å². The number of anilines is 1. The molecular weight excluding hydrogens is 354 g/mol. The summed E-state index contributed by atoms with van der Waals surface area (Å²) in [6, 6.07) is 7.85. The highest BCUT2D eigenvalue weighted by atomic mass is 35.5. The van der Waals surface area contributed by atoms with Gasteiger partial charge < -0.3 is 25.6 Å². The van der Waals surface area contributed by atoms with Crippen molar-refractivity contribution >= 4 is 29.3 Å². The second-order valence-electron chi connectivity index (χ2n) is 7.12. The number of halogens is 1. The van der Waals surface area contributed by atoms with E-state index in [2.05, 4.69) is 20.1 Å². The minimum Gasteiger partial charge on any atom is -0.444 e. The second-order valence-corrected chi connectivity index (χ2v) is 7.56. The topological polar surface area (TPSA) is 83.2 Å². The van der Waals surface area contributed by atoms with Crippen LogP contribution in [-0.2, 0) is 4.74 Å². The number of nitrogens with one attached hydrogen (secondary N) is 1. The standard InChI is InChI=1S/C18H28ClN5O2/c1-18(2,3)26-17(25)22-9-8-21-16(20)24-12-10-23(11-13-24)15-6-4-14(19)5-7-15/h4-7H,8-13H2,1-3H3,(H2,20,21)(H,22,25). The van der Waals surface area contributed by atoms with Gasteiger partial charge in [0.15, 0.2) is 5.96 Å². The van der Waals surface area contributed by atoms with E-state index in [4.69, 9.17) is 22.1 Å². The van der Waals surface area contributed by atoms with Crippen LogP contribution in [0.25, 0.3) is 0 Å². The highest BCUT2D eigenvalue weighted by Gasteiger charge is 2.19. The summed E-state index contributed by atoms with van der Waals surface area (Å²) in [4.78, 5) is 20.3. The second kappa shape index (κ2) is 8.98. The van der Waals surface area contributed by atoms with Crippen molar-refractivity contribution in [1.82, 2.24) is 10.2 Å². The lowest BCUT2D eigenvalue weighted by Gasteiger charge is -2.36. The molecule has 0 unspecified atom stereocenters. The lowest BCUT2D eigenvalue weighted by molar-refractivity contribution is 0.0529. The van der Waals surface area contributed by atoms with Crippen molar-refractivity contribution in [1.29, 1.82) is 0 Å². The number of aliphatic imine (C=N–C) groups is 1. The van der Waals surface area contributed by atoms with E-state index >= 15 is 0 Å². The van der Waals surface area contributed by atoms with E-state index in [0.717, 1.165) is 36.9 Å². The summed E-state index contributed by atoms with van der Waals surface area (Å²) in [5.41, 5.74) is 6.72. The summed E-state index contributed by atoms with van der Waals surface area (Å²) in [6.07, 6.45) is -0.442. The molecule has 0 radical (unpaired) electrons. The zero-order chi connectivity index (χ0) is 19.2. The number of carbonyl (C=O) groups excluding carboxylic acids is 1. The normalized spacial score (nSPS) is 15.8. The molecule has 0 spiro atoms. The average Bonchev–Trinajstić information content (AvgIpc) is 2.58. The molecule has 1 heterocycles.